The Morgan fingerprint density at radius 1 is 1.50 bits per heavy atom. The van der Waals surface area contributed by atoms with Crippen LogP contribution in [0.3, 0.4) is 0 Å². The van der Waals surface area contributed by atoms with E-state index in [0.29, 0.717) is 6.04 Å². The maximum atomic E-state index is 5.70. The quantitative estimate of drug-likeness (QED) is 0.301. The van der Waals surface area contributed by atoms with Crippen LogP contribution in [-0.2, 0) is 0 Å². The Morgan fingerprint density at radius 3 is 2.94 bits per heavy atom. The number of nitrogens with one attached hydrogen (secondary N) is 1. The van der Waals surface area contributed by atoms with Crippen molar-refractivity contribution in [1.82, 2.24) is 5.43 Å². The smallest absolute Gasteiger partial charge is 0.0239 e. The third kappa shape index (κ3) is 4.26. The molecule has 0 aromatic heterocycles. The number of rotatable bonds is 7. The molecule has 0 radical (unpaired) electrons. The number of hydrazine groups is 1. The minimum atomic E-state index is 0.522. The van der Waals surface area contributed by atoms with Crippen LogP contribution in [0.4, 0.5) is 0 Å². The molecule has 1 fully saturated rings. The van der Waals surface area contributed by atoms with Gasteiger partial charge < -0.3 is 0 Å². The number of nitrogens with two attached hydrogens (primary N) is 1. The van der Waals surface area contributed by atoms with Gasteiger partial charge in [0.15, 0.2) is 0 Å². The summed E-state index contributed by atoms with van der Waals surface area (Å²) in [6.07, 6.45) is 12.4. The van der Waals surface area contributed by atoms with Crippen LogP contribution >= 0.6 is 0 Å². The summed E-state index contributed by atoms with van der Waals surface area (Å²) in [6.45, 7) is 6.08. The van der Waals surface area contributed by atoms with E-state index in [1.54, 1.807) is 0 Å². The topological polar surface area (TPSA) is 38.0 Å². The van der Waals surface area contributed by atoms with Gasteiger partial charge in [0.1, 0.15) is 0 Å². The van der Waals surface area contributed by atoms with E-state index in [-0.39, 0.29) is 0 Å². The number of hydrogen-bond donors (Lipinski definition) is 2. The Morgan fingerprint density at radius 2 is 2.31 bits per heavy atom. The molecule has 2 heteroatoms. The van der Waals surface area contributed by atoms with Crippen molar-refractivity contribution in [1.29, 1.82) is 0 Å². The molecule has 0 aromatic rings. The van der Waals surface area contributed by atoms with Gasteiger partial charge in [0.2, 0.25) is 0 Å². The number of unbranched alkanes of at least 4 members (excludes halogenated alkanes) is 1. The Kier molecular flexibility index (Phi) is 6.74. The molecule has 0 aromatic carbocycles. The molecule has 0 aliphatic heterocycles. The molecule has 0 spiro atoms. The number of hydrogen-bond acceptors (Lipinski definition) is 2. The molecule has 1 saturated carbocycles. The average molecular weight is 224 g/mol. The first-order chi connectivity index (χ1) is 7.81. The fraction of sp³-hybridized carbons (Fsp3) is 0.857. The summed E-state index contributed by atoms with van der Waals surface area (Å²) in [7, 11) is 0. The predicted molar refractivity (Wildman–Crippen MR) is 70.9 cm³/mol. The summed E-state index contributed by atoms with van der Waals surface area (Å²) in [5, 5.41) is 0. The third-order valence-electron chi connectivity index (χ3n) is 4.11. The highest BCUT2D eigenvalue weighted by molar-refractivity contribution is 4.82. The van der Waals surface area contributed by atoms with Crippen molar-refractivity contribution in [3.05, 3.63) is 12.7 Å². The molecular weight excluding hydrogens is 196 g/mol. The fourth-order valence-electron chi connectivity index (χ4n) is 3.01. The lowest BCUT2D eigenvalue weighted by Crippen LogP contribution is -2.42. The molecule has 0 heterocycles. The first kappa shape index (κ1) is 13.7. The standard InChI is InChI=1S/C14H28N2/c1-3-5-6-10-14(16-15)13-9-7-8-12(4-2)11-13/h3,12-14,16H,1,4-11,15H2,2H3. The first-order valence-corrected chi connectivity index (χ1v) is 6.88. The van der Waals surface area contributed by atoms with Crippen LogP contribution < -0.4 is 11.3 Å². The molecule has 0 bridgehead atoms. The molecule has 0 amide bonds. The maximum absolute atomic E-state index is 5.70. The first-order valence-electron chi connectivity index (χ1n) is 6.88. The summed E-state index contributed by atoms with van der Waals surface area (Å²) < 4.78 is 0. The highest BCUT2D eigenvalue weighted by atomic mass is 15.2. The van der Waals surface area contributed by atoms with Crippen molar-refractivity contribution < 1.29 is 0 Å². The van der Waals surface area contributed by atoms with Gasteiger partial charge in [-0.2, -0.15) is 0 Å². The predicted octanol–water partition coefficient (Wildman–Crippen LogP) is 3.39. The second kappa shape index (κ2) is 7.86. The van der Waals surface area contributed by atoms with Gasteiger partial charge in [0, 0.05) is 6.04 Å². The average Bonchev–Trinajstić information content (AvgIpc) is 2.35. The van der Waals surface area contributed by atoms with Gasteiger partial charge in [-0.15, -0.1) is 6.58 Å². The van der Waals surface area contributed by atoms with Crippen LogP contribution in [0.25, 0.3) is 0 Å². The molecule has 94 valence electrons. The normalized spacial score (nSPS) is 27.6. The van der Waals surface area contributed by atoms with Gasteiger partial charge in [-0.1, -0.05) is 32.3 Å². The fourth-order valence-corrected chi connectivity index (χ4v) is 3.01. The van der Waals surface area contributed by atoms with Gasteiger partial charge >= 0.3 is 0 Å². The molecular formula is C14H28N2. The van der Waals surface area contributed by atoms with Gasteiger partial charge in [-0.05, 0) is 43.9 Å². The molecule has 16 heavy (non-hydrogen) atoms. The zero-order chi connectivity index (χ0) is 11.8. The summed E-state index contributed by atoms with van der Waals surface area (Å²) in [5.41, 5.74) is 3.04. The van der Waals surface area contributed by atoms with Crippen LogP contribution in [0.5, 0.6) is 0 Å². The van der Waals surface area contributed by atoms with Crippen molar-refractivity contribution >= 4 is 0 Å². The Balaban J connectivity index is 2.35. The molecule has 3 N–H and O–H groups in total. The van der Waals surface area contributed by atoms with E-state index in [1.807, 2.05) is 6.08 Å². The van der Waals surface area contributed by atoms with E-state index in [2.05, 4.69) is 18.9 Å². The van der Waals surface area contributed by atoms with E-state index in [0.717, 1.165) is 18.3 Å². The molecule has 1 rings (SSSR count). The van der Waals surface area contributed by atoms with Crippen molar-refractivity contribution in [3.63, 3.8) is 0 Å². The van der Waals surface area contributed by atoms with E-state index in [1.165, 1.54) is 44.9 Å². The summed E-state index contributed by atoms with van der Waals surface area (Å²) in [5.74, 6) is 7.44. The second-order valence-electron chi connectivity index (χ2n) is 5.19. The lowest BCUT2D eigenvalue weighted by molar-refractivity contribution is 0.201. The molecule has 2 nitrogen and oxygen atoms in total. The van der Waals surface area contributed by atoms with Gasteiger partial charge in [-0.25, -0.2) is 0 Å². The zero-order valence-corrected chi connectivity index (χ0v) is 10.8. The van der Waals surface area contributed by atoms with Crippen LogP contribution in [0.2, 0.25) is 0 Å². The van der Waals surface area contributed by atoms with Crippen LogP contribution in [0.15, 0.2) is 12.7 Å². The monoisotopic (exact) mass is 224 g/mol. The molecule has 3 unspecified atom stereocenters. The minimum absolute atomic E-state index is 0.522. The largest absolute Gasteiger partial charge is 0.271 e. The SMILES string of the molecule is C=CCCCC(NN)C1CCCC(CC)C1. The summed E-state index contributed by atoms with van der Waals surface area (Å²) in [4.78, 5) is 0. The van der Waals surface area contributed by atoms with Crippen molar-refractivity contribution in [2.75, 3.05) is 0 Å². The number of allylic oxidation sites excluding steroid dienone is 1. The highest BCUT2D eigenvalue weighted by Gasteiger charge is 2.26. The van der Waals surface area contributed by atoms with Crippen molar-refractivity contribution in [2.45, 2.75) is 64.3 Å². The Bertz CT molecular complexity index is 191. The van der Waals surface area contributed by atoms with Gasteiger partial charge in [0.25, 0.3) is 0 Å². The second-order valence-corrected chi connectivity index (χ2v) is 5.19. The lowest BCUT2D eigenvalue weighted by Gasteiger charge is -2.34. The lowest BCUT2D eigenvalue weighted by atomic mass is 9.76. The van der Waals surface area contributed by atoms with Gasteiger partial charge in [-0.3, -0.25) is 11.3 Å². The van der Waals surface area contributed by atoms with Crippen LogP contribution in [-0.4, -0.2) is 6.04 Å². The summed E-state index contributed by atoms with van der Waals surface area (Å²) >= 11 is 0. The highest BCUT2D eigenvalue weighted by Crippen LogP contribution is 2.33. The maximum Gasteiger partial charge on any atom is 0.0239 e. The molecule has 1 aliphatic rings. The Hall–Kier alpha value is -0.340. The van der Waals surface area contributed by atoms with E-state index in [9.17, 15) is 0 Å². The van der Waals surface area contributed by atoms with E-state index in [4.69, 9.17) is 5.84 Å². The summed E-state index contributed by atoms with van der Waals surface area (Å²) in [6, 6.07) is 0.522. The third-order valence-corrected chi connectivity index (χ3v) is 4.11. The van der Waals surface area contributed by atoms with Gasteiger partial charge in [0.05, 0.1) is 0 Å². The Labute approximate surface area is 101 Å². The molecule has 0 saturated heterocycles. The van der Waals surface area contributed by atoms with Crippen LogP contribution in [0, 0.1) is 11.8 Å². The molecule has 1 aliphatic carbocycles. The zero-order valence-electron chi connectivity index (χ0n) is 10.8. The minimum Gasteiger partial charge on any atom is -0.271 e. The van der Waals surface area contributed by atoms with E-state index < -0.39 is 0 Å². The molecule has 3 atom stereocenters. The van der Waals surface area contributed by atoms with Crippen LogP contribution in [0.1, 0.15) is 58.3 Å². The van der Waals surface area contributed by atoms with E-state index >= 15 is 0 Å². The van der Waals surface area contributed by atoms with Crippen molar-refractivity contribution in [2.24, 2.45) is 17.7 Å². The van der Waals surface area contributed by atoms with Crippen molar-refractivity contribution in [3.8, 4) is 0 Å².